The van der Waals surface area contributed by atoms with Crippen molar-refractivity contribution in [1.29, 1.82) is 0 Å². The summed E-state index contributed by atoms with van der Waals surface area (Å²) in [6.07, 6.45) is -0.107. The lowest BCUT2D eigenvalue weighted by atomic mass is 10.1. The van der Waals surface area contributed by atoms with Gasteiger partial charge in [-0.05, 0) is 19.9 Å². The SMILES string of the molecule is CC(C)Oc1ccccc1CC(=O)NC(CF)C(=O)O. The van der Waals surface area contributed by atoms with Crippen LogP contribution < -0.4 is 10.1 Å². The molecular weight excluding hydrogens is 265 g/mol. The van der Waals surface area contributed by atoms with Gasteiger partial charge >= 0.3 is 5.97 Å². The molecule has 20 heavy (non-hydrogen) atoms. The van der Waals surface area contributed by atoms with E-state index < -0.39 is 24.6 Å². The molecule has 0 saturated carbocycles. The van der Waals surface area contributed by atoms with E-state index in [4.69, 9.17) is 9.84 Å². The predicted molar refractivity (Wildman–Crippen MR) is 71.5 cm³/mol. The van der Waals surface area contributed by atoms with Crippen LogP contribution in [0.2, 0.25) is 0 Å². The number of carboxylic acid groups (broad SMARTS) is 1. The number of aliphatic carboxylic acids is 1. The summed E-state index contributed by atoms with van der Waals surface area (Å²) in [6, 6.07) is 5.45. The first-order chi connectivity index (χ1) is 9.43. The van der Waals surface area contributed by atoms with Crippen LogP contribution in [0.15, 0.2) is 24.3 Å². The minimum Gasteiger partial charge on any atom is -0.491 e. The first-order valence-electron chi connectivity index (χ1n) is 6.26. The summed E-state index contributed by atoms with van der Waals surface area (Å²) in [5, 5.41) is 10.8. The highest BCUT2D eigenvalue weighted by molar-refractivity contribution is 5.85. The molecule has 1 aromatic carbocycles. The number of hydrogen-bond donors (Lipinski definition) is 2. The molecule has 0 aliphatic carbocycles. The second kappa shape index (κ2) is 7.47. The molecule has 2 N–H and O–H groups in total. The Morgan fingerprint density at radius 2 is 2.00 bits per heavy atom. The molecule has 0 spiro atoms. The van der Waals surface area contributed by atoms with Gasteiger partial charge in [0.1, 0.15) is 12.4 Å². The number of carbonyl (C=O) groups excluding carboxylic acids is 1. The van der Waals surface area contributed by atoms with Crippen molar-refractivity contribution in [2.75, 3.05) is 6.67 Å². The van der Waals surface area contributed by atoms with Gasteiger partial charge in [-0.3, -0.25) is 4.79 Å². The zero-order valence-corrected chi connectivity index (χ0v) is 11.4. The van der Waals surface area contributed by atoms with Crippen LogP contribution >= 0.6 is 0 Å². The standard InChI is InChI=1S/C14H18FNO4/c1-9(2)20-12-6-4-3-5-10(12)7-13(17)16-11(8-15)14(18)19/h3-6,9,11H,7-8H2,1-2H3,(H,16,17)(H,18,19). The molecule has 0 radical (unpaired) electrons. The predicted octanol–water partition coefficient (Wildman–Crippen LogP) is 1.56. The first kappa shape index (κ1) is 15.9. The van der Waals surface area contributed by atoms with Gasteiger partial charge in [0.25, 0.3) is 0 Å². The Morgan fingerprint density at radius 1 is 1.35 bits per heavy atom. The molecule has 110 valence electrons. The maximum Gasteiger partial charge on any atom is 0.328 e. The Kier molecular flexibility index (Phi) is 5.96. The number of halogens is 1. The number of amides is 1. The summed E-state index contributed by atoms with van der Waals surface area (Å²) in [5.41, 5.74) is 0.627. The average Bonchev–Trinajstić information content (AvgIpc) is 2.37. The van der Waals surface area contributed by atoms with Crippen molar-refractivity contribution in [3.8, 4) is 5.75 Å². The van der Waals surface area contributed by atoms with E-state index in [0.29, 0.717) is 11.3 Å². The van der Waals surface area contributed by atoms with Crippen LogP contribution in [0.4, 0.5) is 4.39 Å². The number of benzene rings is 1. The van der Waals surface area contributed by atoms with Gasteiger partial charge in [-0.15, -0.1) is 0 Å². The molecule has 0 aromatic heterocycles. The Morgan fingerprint density at radius 3 is 2.55 bits per heavy atom. The summed E-state index contributed by atoms with van der Waals surface area (Å²) in [6.45, 7) is 2.58. The molecule has 0 heterocycles. The lowest BCUT2D eigenvalue weighted by molar-refractivity contribution is -0.142. The molecule has 1 atom stereocenters. The number of ether oxygens (including phenoxy) is 1. The van der Waals surface area contributed by atoms with Crippen LogP contribution in [0.5, 0.6) is 5.75 Å². The molecule has 0 aliphatic heterocycles. The van der Waals surface area contributed by atoms with Gasteiger partial charge in [-0.2, -0.15) is 0 Å². The fourth-order valence-electron chi connectivity index (χ4n) is 1.60. The smallest absolute Gasteiger partial charge is 0.328 e. The van der Waals surface area contributed by atoms with Gasteiger partial charge < -0.3 is 15.2 Å². The quantitative estimate of drug-likeness (QED) is 0.796. The summed E-state index contributed by atoms with van der Waals surface area (Å²) < 4.78 is 18.0. The van der Waals surface area contributed by atoms with E-state index in [1.165, 1.54) is 0 Å². The number of carboxylic acids is 1. The van der Waals surface area contributed by atoms with E-state index in [1.54, 1.807) is 24.3 Å². The van der Waals surface area contributed by atoms with Crippen molar-refractivity contribution in [3.05, 3.63) is 29.8 Å². The number of hydrogen-bond acceptors (Lipinski definition) is 3. The molecule has 0 bridgehead atoms. The number of nitrogens with one attached hydrogen (secondary N) is 1. The van der Waals surface area contributed by atoms with Gasteiger partial charge in [0.05, 0.1) is 12.5 Å². The fraction of sp³-hybridized carbons (Fsp3) is 0.429. The molecule has 1 aromatic rings. The Hall–Kier alpha value is -2.11. The molecule has 0 fully saturated rings. The third-order valence-corrected chi connectivity index (χ3v) is 2.47. The van der Waals surface area contributed by atoms with Crippen LogP contribution in [0.3, 0.4) is 0 Å². The van der Waals surface area contributed by atoms with Gasteiger partial charge in [0.2, 0.25) is 5.91 Å². The molecule has 1 rings (SSSR count). The van der Waals surface area contributed by atoms with Crippen LogP contribution in [-0.4, -0.2) is 35.8 Å². The third kappa shape index (κ3) is 4.87. The first-order valence-corrected chi connectivity index (χ1v) is 6.26. The van der Waals surface area contributed by atoms with Crippen molar-refractivity contribution in [2.45, 2.75) is 32.4 Å². The number of carbonyl (C=O) groups is 2. The molecule has 5 nitrogen and oxygen atoms in total. The lowest BCUT2D eigenvalue weighted by Gasteiger charge is -2.15. The van der Waals surface area contributed by atoms with Crippen molar-refractivity contribution in [2.24, 2.45) is 0 Å². The highest BCUT2D eigenvalue weighted by atomic mass is 19.1. The average molecular weight is 283 g/mol. The van der Waals surface area contributed by atoms with E-state index >= 15 is 0 Å². The van der Waals surface area contributed by atoms with E-state index in [0.717, 1.165) is 0 Å². The van der Waals surface area contributed by atoms with Gasteiger partial charge in [-0.25, -0.2) is 9.18 Å². The minimum absolute atomic E-state index is 0.0446. The molecule has 6 heteroatoms. The maximum absolute atomic E-state index is 12.4. The highest BCUT2D eigenvalue weighted by Gasteiger charge is 2.20. The molecule has 1 amide bonds. The zero-order chi connectivity index (χ0) is 15.1. The Labute approximate surface area is 116 Å². The van der Waals surface area contributed by atoms with Gasteiger partial charge in [-0.1, -0.05) is 18.2 Å². The number of para-hydroxylation sites is 1. The van der Waals surface area contributed by atoms with Crippen molar-refractivity contribution < 1.29 is 23.8 Å². The number of rotatable bonds is 7. The van der Waals surface area contributed by atoms with Crippen LogP contribution in [-0.2, 0) is 16.0 Å². The minimum atomic E-state index is -1.51. The normalized spacial score (nSPS) is 12.0. The summed E-state index contributed by atoms with van der Waals surface area (Å²) in [7, 11) is 0. The molecular formula is C14H18FNO4. The summed E-state index contributed by atoms with van der Waals surface area (Å²) >= 11 is 0. The third-order valence-electron chi connectivity index (χ3n) is 2.47. The Balaban J connectivity index is 2.73. The fourth-order valence-corrected chi connectivity index (χ4v) is 1.60. The monoisotopic (exact) mass is 283 g/mol. The maximum atomic E-state index is 12.4. The summed E-state index contributed by atoms with van der Waals surface area (Å²) in [5.74, 6) is -1.40. The molecule has 1 unspecified atom stereocenters. The van der Waals surface area contributed by atoms with Crippen molar-refractivity contribution >= 4 is 11.9 Å². The highest BCUT2D eigenvalue weighted by Crippen LogP contribution is 2.19. The van der Waals surface area contributed by atoms with Gasteiger partial charge in [0.15, 0.2) is 6.04 Å². The van der Waals surface area contributed by atoms with E-state index in [2.05, 4.69) is 5.32 Å². The zero-order valence-electron chi connectivity index (χ0n) is 11.4. The van der Waals surface area contributed by atoms with E-state index in [9.17, 15) is 14.0 Å². The summed E-state index contributed by atoms with van der Waals surface area (Å²) in [4.78, 5) is 22.4. The van der Waals surface area contributed by atoms with Crippen molar-refractivity contribution in [3.63, 3.8) is 0 Å². The lowest BCUT2D eigenvalue weighted by Crippen LogP contribution is -2.43. The molecule has 0 saturated heterocycles. The number of alkyl halides is 1. The topological polar surface area (TPSA) is 75.6 Å². The van der Waals surface area contributed by atoms with Crippen LogP contribution in [0.1, 0.15) is 19.4 Å². The molecule has 0 aliphatic rings. The Bertz CT molecular complexity index is 476. The second-order valence-electron chi connectivity index (χ2n) is 4.56. The van der Waals surface area contributed by atoms with Crippen LogP contribution in [0, 0.1) is 0 Å². The second-order valence-corrected chi connectivity index (χ2v) is 4.56. The van der Waals surface area contributed by atoms with Gasteiger partial charge in [0, 0.05) is 5.56 Å². The largest absolute Gasteiger partial charge is 0.491 e. The van der Waals surface area contributed by atoms with Crippen LogP contribution in [0.25, 0.3) is 0 Å². The van der Waals surface area contributed by atoms with E-state index in [1.807, 2.05) is 13.8 Å². The van der Waals surface area contributed by atoms with E-state index in [-0.39, 0.29) is 12.5 Å². The van der Waals surface area contributed by atoms with Crippen molar-refractivity contribution in [1.82, 2.24) is 5.32 Å².